The molecule has 3 heteroatoms. The largest absolute Gasteiger partial charge is 0.294 e. The van der Waals surface area contributed by atoms with Crippen molar-refractivity contribution in [1.29, 1.82) is 0 Å². The molecule has 2 aromatic rings. The lowest BCUT2D eigenvalue weighted by Gasteiger charge is -2.06. The van der Waals surface area contributed by atoms with Crippen molar-refractivity contribution in [1.82, 2.24) is 9.78 Å². The molecule has 0 fully saturated rings. The normalized spacial score (nSPS) is 9.70. The smallest absolute Gasteiger partial charge is 0.164 e. The predicted molar refractivity (Wildman–Crippen MR) is 80.3 cm³/mol. The van der Waals surface area contributed by atoms with Crippen molar-refractivity contribution >= 4 is 11.9 Å². The minimum absolute atomic E-state index is 0.0796. The molecule has 0 aliphatic carbocycles. The van der Waals surface area contributed by atoms with Gasteiger partial charge in [-0.3, -0.25) is 9.48 Å². The summed E-state index contributed by atoms with van der Waals surface area (Å²) in [4.78, 5) is 12.1. The van der Waals surface area contributed by atoms with Crippen LogP contribution in [0, 0.1) is 11.8 Å². The van der Waals surface area contributed by atoms with E-state index in [1.165, 1.54) is 0 Å². The van der Waals surface area contributed by atoms with Gasteiger partial charge in [0.1, 0.15) is 0 Å². The van der Waals surface area contributed by atoms with Gasteiger partial charge in [0.25, 0.3) is 0 Å². The summed E-state index contributed by atoms with van der Waals surface area (Å²) in [5.41, 5.74) is 3.04. The maximum atomic E-state index is 12.1. The zero-order valence-corrected chi connectivity index (χ0v) is 11.7. The van der Waals surface area contributed by atoms with E-state index in [1.54, 1.807) is 17.0 Å². The van der Waals surface area contributed by atoms with E-state index in [-0.39, 0.29) is 5.78 Å². The third-order valence-electron chi connectivity index (χ3n) is 2.96. The lowest BCUT2D eigenvalue weighted by atomic mass is 9.96. The molecule has 0 saturated heterocycles. The van der Waals surface area contributed by atoms with Crippen LogP contribution in [0.15, 0.2) is 37.2 Å². The molecule has 1 aromatic heterocycles. The van der Waals surface area contributed by atoms with E-state index in [1.807, 2.05) is 38.4 Å². The van der Waals surface area contributed by atoms with Crippen LogP contribution < -0.4 is 0 Å². The number of aromatic nitrogens is 2. The summed E-state index contributed by atoms with van der Waals surface area (Å²) in [7, 11) is 1.84. The zero-order chi connectivity index (χ0) is 14.5. The Kier molecular flexibility index (Phi) is 4.17. The topological polar surface area (TPSA) is 34.9 Å². The Labute approximate surface area is 118 Å². The molecular formula is C17H16N2O. The molecule has 0 N–H and O–H groups in total. The average Bonchev–Trinajstić information content (AvgIpc) is 2.89. The van der Waals surface area contributed by atoms with Gasteiger partial charge in [0, 0.05) is 30.8 Å². The lowest BCUT2D eigenvalue weighted by molar-refractivity contribution is 0.0988. The van der Waals surface area contributed by atoms with Gasteiger partial charge in [0.05, 0.1) is 11.8 Å². The minimum atomic E-state index is 0.0796. The first-order valence-electron chi connectivity index (χ1n) is 6.45. The van der Waals surface area contributed by atoms with Gasteiger partial charge in [0.15, 0.2) is 5.78 Å². The SMILES string of the molecule is C=Cc1cccc(C#Cc2cnn(C)c2)c1C(=O)CC. The van der Waals surface area contributed by atoms with Crippen LogP contribution in [0.25, 0.3) is 6.08 Å². The van der Waals surface area contributed by atoms with Gasteiger partial charge in [-0.25, -0.2) is 0 Å². The molecule has 0 bridgehead atoms. The zero-order valence-electron chi connectivity index (χ0n) is 11.7. The van der Waals surface area contributed by atoms with E-state index >= 15 is 0 Å². The molecule has 0 aliphatic rings. The number of ketones is 1. The van der Waals surface area contributed by atoms with Crippen molar-refractivity contribution in [2.75, 3.05) is 0 Å². The van der Waals surface area contributed by atoms with Gasteiger partial charge in [-0.1, -0.05) is 43.6 Å². The van der Waals surface area contributed by atoms with E-state index < -0.39 is 0 Å². The molecule has 0 unspecified atom stereocenters. The van der Waals surface area contributed by atoms with Gasteiger partial charge >= 0.3 is 0 Å². The second-order valence-electron chi connectivity index (χ2n) is 4.40. The summed E-state index contributed by atoms with van der Waals surface area (Å²) in [5, 5.41) is 4.07. The maximum absolute atomic E-state index is 12.1. The van der Waals surface area contributed by atoms with Crippen molar-refractivity contribution in [3.63, 3.8) is 0 Å². The van der Waals surface area contributed by atoms with E-state index in [0.717, 1.165) is 16.7 Å². The second kappa shape index (κ2) is 6.03. The highest BCUT2D eigenvalue weighted by Crippen LogP contribution is 2.17. The van der Waals surface area contributed by atoms with Gasteiger partial charge in [-0.2, -0.15) is 5.10 Å². The van der Waals surface area contributed by atoms with Crippen LogP contribution in [-0.4, -0.2) is 15.6 Å². The van der Waals surface area contributed by atoms with Crippen molar-refractivity contribution in [3.05, 3.63) is 59.4 Å². The van der Waals surface area contributed by atoms with E-state index in [4.69, 9.17) is 0 Å². The summed E-state index contributed by atoms with van der Waals surface area (Å²) in [6.45, 7) is 5.61. The van der Waals surface area contributed by atoms with Crippen LogP contribution in [0.2, 0.25) is 0 Å². The fraction of sp³-hybridized carbons (Fsp3) is 0.176. The van der Waals surface area contributed by atoms with Crippen LogP contribution >= 0.6 is 0 Å². The molecule has 3 nitrogen and oxygen atoms in total. The Hall–Kier alpha value is -2.60. The number of hydrogen-bond acceptors (Lipinski definition) is 2. The first kappa shape index (κ1) is 13.8. The molecule has 0 spiro atoms. The average molecular weight is 264 g/mol. The molecule has 0 aliphatic heterocycles. The fourth-order valence-electron chi connectivity index (χ4n) is 1.96. The molecular weight excluding hydrogens is 248 g/mol. The van der Waals surface area contributed by atoms with Crippen LogP contribution in [-0.2, 0) is 7.05 Å². The van der Waals surface area contributed by atoms with E-state index in [0.29, 0.717) is 12.0 Å². The van der Waals surface area contributed by atoms with Crippen LogP contribution in [0.4, 0.5) is 0 Å². The van der Waals surface area contributed by atoms with Gasteiger partial charge < -0.3 is 0 Å². The van der Waals surface area contributed by atoms with Crippen molar-refractivity contribution in [3.8, 4) is 11.8 Å². The van der Waals surface area contributed by atoms with Crippen molar-refractivity contribution in [2.45, 2.75) is 13.3 Å². The Balaban J connectivity index is 2.49. The quantitative estimate of drug-likeness (QED) is 0.631. The van der Waals surface area contributed by atoms with E-state index in [2.05, 4.69) is 23.5 Å². The number of rotatable bonds is 3. The van der Waals surface area contributed by atoms with Crippen LogP contribution in [0.5, 0.6) is 0 Å². The number of carbonyl (C=O) groups excluding carboxylic acids is 1. The third-order valence-corrected chi connectivity index (χ3v) is 2.96. The van der Waals surface area contributed by atoms with Gasteiger partial charge in [0.2, 0.25) is 0 Å². The molecule has 20 heavy (non-hydrogen) atoms. The Morgan fingerprint density at radius 1 is 1.45 bits per heavy atom. The number of nitrogens with zero attached hydrogens (tertiary/aromatic N) is 2. The molecule has 0 amide bonds. The molecule has 1 aromatic carbocycles. The standard InChI is InChI=1S/C17H16N2O/c1-4-14-7-6-8-15(17(14)16(20)5-2)10-9-13-11-18-19(3)12-13/h4,6-8,11-12H,1,5H2,2-3H3. The minimum Gasteiger partial charge on any atom is -0.294 e. The van der Waals surface area contributed by atoms with Crippen molar-refractivity contribution < 1.29 is 4.79 Å². The molecule has 100 valence electrons. The molecule has 0 saturated carbocycles. The molecule has 0 radical (unpaired) electrons. The highest BCUT2D eigenvalue weighted by Gasteiger charge is 2.11. The number of carbonyl (C=O) groups is 1. The van der Waals surface area contributed by atoms with E-state index in [9.17, 15) is 4.79 Å². The number of benzene rings is 1. The summed E-state index contributed by atoms with van der Waals surface area (Å²) < 4.78 is 1.70. The number of hydrogen-bond donors (Lipinski definition) is 0. The lowest BCUT2D eigenvalue weighted by Crippen LogP contribution is -2.03. The first-order chi connectivity index (χ1) is 9.65. The van der Waals surface area contributed by atoms with Crippen LogP contribution in [0.1, 0.15) is 40.4 Å². The number of aryl methyl sites for hydroxylation is 1. The molecule has 0 atom stereocenters. The number of Topliss-reactive ketones (excluding diaryl/α,β-unsaturated/α-hetero) is 1. The fourth-order valence-corrected chi connectivity index (χ4v) is 1.96. The summed E-state index contributed by atoms with van der Waals surface area (Å²) in [5.74, 6) is 6.17. The first-order valence-corrected chi connectivity index (χ1v) is 6.45. The maximum Gasteiger partial charge on any atom is 0.164 e. The van der Waals surface area contributed by atoms with Gasteiger partial charge in [-0.05, 0) is 11.6 Å². The summed E-state index contributed by atoms with van der Waals surface area (Å²) in [6, 6.07) is 5.63. The second-order valence-corrected chi connectivity index (χ2v) is 4.40. The molecule has 2 rings (SSSR count). The van der Waals surface area contributed by atoms with Crippen LogP contribution in [0.3, 0.4) is 0 Å². The Morgan fingerprint density at radius 3 is 2.85 bits per heavy atom. The predicted octanol–water partition coefficient (Wildman–Crippen LogP) is 3.06. The third kappa shape index (κ3) is 2.86. The highest BCUT2D eigenvalue weighted by atomic mass is 16.1. The highest BCUT2D eigenvalue weighted by molar-refractivity contribution is 6.01. The Bertz CT molecular complexity index is 714. The summed E-state index contributed by atoms with van der Waals surface area (Å²) >= 11 is 0. The Morgan fingerprint density at radius 2 is 2.25 bits per heavy atom. The monoisotopic (exact) mass is 264 g/mol. The van der Waals surface area contributed by atoms with Crippen molar-refractivity contribution in [2.24, 2.45) is 7.05 Å². The molecule has 1 heterocycles. The van der Waals surface area contributed by atoms with Gasteiger partial charge in [-0.15, -0.1) is 0 Å². The summed E-state index contributed by atoms with van der Waals surface area (Å²) in [6.07, 6.45) is 5.68.